The first kappa shape index (κ1) is 20.8. The average Bonchev–Trinajstić information content (AvgIpc) is 3.31. The van der Waals surface area contributed by atoms with Gasteiger partial charge in [-0.15, -0.1) is 0 Å². The van der Waals surface area contributed by atoms with Crippen LogP contribution in [0, 0.1) is 0 Å². The zero-order chi connectivity index (χ0) is 21.7. The molecule has 3 aromatic rings. The molecule has 0 fully saturated rings. The van der Waals surface area contributed by atoms with Crippen molar-refractivity contribution in [3.8, 4) is 17.2 Å². The first-order valence-electron chi connectivity index (χ1n) is 9.22. The highest BCUT2D eigenvalue weighted by molar-refractivity contribution is 5.95. The molecule has 0 radical (unpaired) electrons. The Kier molecular flexibility index (Phi) is 6.31. The van der Waals surface area contributed by atoms with Crippen molar-refractivity contribution in [1.82, 2.24) is 19.7 Å². The Morgan fingerprint density at radius 1 is 1.17 bits per heavy atom. The van der Waals surface area contributed by atoms with Crippen LogP contribution < -0.4 is 15.2 Å². The Hall–Kier alpha value is -3.88. The molecular formula is C21H23N5O4. The van der Waals surface area contributed by atoms with Gasteiger partial charge in [0.15, 0.2) is 18.1 Å². The Balaban J connectivity index is 1.74. The summed E-state index contributed by atoms with van der Waals surface area (Å²) in [5.74, 6) is -0.0872. The Morgan fingerprint density at radius 2 is 1.90 bits per heavy atom. The molecule has 9 heteroatoms. The molecule has 0 aliphatic carbocycles. The van der Waals surface area contributed by atoms with Gasteiger partial charge in [0.1, 0.15) is 12.7 Å². The molecule has 0 bridgehead atoms. The highest BCUT2D eigenvalue weighted by atomic mass is 16.5. The van der Waals surface area contributed by atoms with Crippen LogP contribution in [0.15, 0.2) is 55.1 Å². The summed E-state index contributed by atoms with van der Waals surface area (Å²) in [7, 11) is 3.20. The van der Waals surface area contributed by atoms with E-state index in [0.29, 0.717) is 17.1 Å². The van der Waals surface area contributed by atoms with Crippen LogP contribution >= 0.6 is 0 Å². The average molecular weight is 409 g/mol. The van der Waals surface area contributed by atoms with Crippen LogP contribution in [0.1, 0.15) is 28.9 Å². The van der Waals surface area contributed by atoms with E-state index in [2.05, 4.69) is 10.1 Å². The number of carbonyl (C=O) groups excluding carboxylic acids is 2. The number of primary amides is 1. The van der Waals surface area contributed by atoms with Gasteiger partial charge in [0.2, 0.25) is 0 Å². The number of methoxy groups -OCH3 is 1. The number of hydrogen-bond acceptors (Lipinski definition) is 6. The van der Waals surface area contributed by atoms with Crippen LogP contribution in [-0.4, -0.2) is 52.2 Å². The zero-order valence-corrected chi connectivity index (χ0v) is 17.0. The topological polar surface area (TPSA) is 113 Å². The zero-order valence-electron chi connectivity index (χ0n) is 17.0. The van der Waals surface area contributed by atoms with E-state index < -0.39 is 5.91 Å². The van der Waals surface area contributed by atoms with E-state index in [1.165, 1.54) is 13.4 Å². The second-order valence-electron chi connectivity index (χ2n) is 6.64. The summed E-state index contributed by atoms with van der Waals surface area (Å²) in [4.78, 5) is 29.5. The number of rotatable bonds is 8. The maximum absolute atomic E-state index is 13.0. The molecule has 2 aromatic carbocycles. The molecule has 0 aliphatic rings. The molecule has 1 atom stereocenters. The van der Waals surface area contributed by atoms with Gasteiger partial charge >= 0.3 is 0 Å². The van der Waals surface area contributed by atoms with Crippen molar-refractivity contribution >= 4 is 11.8 Å². The fraction of sp³-hybridized carbons (Fsp3) is 0.238. The van der Waals surface area contributed by atoms with Gasteiger partial charge in [0, 0.05) is 12.6 Å². The molecule has 0 saturated heterocycles. The quantitative estimate of drug-likeness (QED) is 0.609. The molecule has 1 aromatic heterocycles. The number of nitrogens with two attached hydrogens (primary N) is 1. The normalized spacial score (nSPS) is 11.6. The van der Waals surface area contributed by atoms with E-state index in [-0.39, 0.29) is 18.6 Å². The minimum atomic E-state index is -0.597. The van der Waals surface area contributed by atoms with Gasteiger partial charge in [-0.3, -0.25) is 9.59 Å². The SMILES string of the molecule is COc1cc(C(=O)N(C)[C@H](C)c2ccc(-n3cncn3)cc2)ccc1OCC(N)=O. The van der Waals surface area contributed by atoms with Crippen molar-refractivity contribution in [2.24, 2.45) is 5.73 Å². The summed E-state index contributed by atoms with van der Waals surface area (Å²) in [6.07, 6.45) is 3.10. The lowest BCUT2D eigenvalue weighted by atomic mass is 10.1. The number of carbonyl (C=O) groups is 2. The smallest absolute Gasteiger partial charge is 0.255 e. The largest absolute Gasteiger partial charge is 0.493 e. The first-order valence-corrected chi connectivity index (χ1v) is 9.22. The number of benzene rings is 2. The van der Waals surface area contributed by atoms with E-state index in [9.17, 15) is 9.59 Å². The van der Waals surface area contributed by atoms with Gasteiger partial charge in [0.05, 0.1) is 18.8 Å². The van der Waals surface area contributed by atoms with Gasteiger partial charge < -0.3 is 20.1 Å². The van der Waals surface area contributed by atoms with Crippen LogP contribution in [0.2, 0.25) is 0 Å². The molecule has 2 amide bonds. The molecule has 2 N–H and O–H groups in total. The number of amides is 2. The van der Waals surface area contributed by atoms with Crippen molar-refractivity contribution in [2.45, 2.75) is 13.0 Å². The lowest BCUT2D eigenvalue weighted by Crippen LogP contribution is -2.29. The third-order valence-electron chi connectivity index (χ3n) is 4.74. The lowest BCUT2D eigenvalue weighted by molar-refractivity contribution is -0.119. The van der Waals surface area contributed by atoms with Crippen LogP contribution in [0.25, 0.3) is 5.69 Å². The van der Waals surface area contributed by atoms with E-state index >= 15 is 0 Å². The second kappa shape index (κ2) is 9.08. The van der Waals surface area contributed by atoms with E-state index in [1.807, 2.05) is 31.2 Å². The van der Waals surface area contributed by atoms with Crippen molar-refractivity contribution in [1.29, 1.82) is 0 Å². The minimum absolute atomic E-state index is 0.168. The fourth-order valence-electron chi connectivity index (χ4n) is 2.92. The minimum Gasteiger partial charge on any atom is -0.493 e. The summed E-state index contributed by atoms with van der Waals surface area (Å²) >= 11 is 0. The van der Waals surface area contributed by atoms with Crippen LogP contribution in [-0.2, 0) is 4.79 Å². The Labute approximate surface area is 174 Å². The summed E-state index contributed by atoms with van der Waals surface area (Å²) in [5, 5.41) is 4.10. The molecule has 0 aliphatic heterocycles. The monoisotopic (exact) mass is 409 g/mol. The van der Waals surface area contributed by atoms with E-state index in [1.54, 1.807) is 41.2 Å². The van der Waals surface area contributed by atoms with Crippen molar-refractivity contribution in [3.63, 3.8) is 0 Å². The van der Waals surface area contributed by atoms with Gasteiger partial charge in [0.25, 0.3) is 11.8 Å². The predicted octanol–water partition coefficient (Wildman–Crippen LogP) is 1.97. The van der Waals surface area contributed by atoms with Gasteiger partial charge in [-0.1, -0.05) is 12.1 Å². The number of aromatic nitrogens is 3. The lowest BCUT2D eigenvalue weighted by Gasteiger charge is -2.26. The molecule has 0 unspecified atom stereocenters. The molecule has 0 spiro atoms. The van der Waals surface area contributed by atoms with Crippen molar-refractivity contribution < 1.29 is 19.1 Å². The maximum atomic E-state index is 13.0. The molecule has 30 heavy (non-hydrogen) atoms. The number of ether oxygens (including phenoxy) is 2. The van der Waals surface area contributed by atoms with Gasteiger partial charge in [-0.05, 0) is 42.8 Å². The van der Waals surface area contributed by atoms with Crippen molar-refractivity contribution in [3.05, 3.63) is 66.2 Å². The van der Waals surface area contributed by atoms with Crippen molar-refractivity contribution in [2.75, 3.05) is 20.8 Å². The highest BCUT2D eigenvalue weighted by Crippen LogP contribution is 2.30. The third-order valence-corrected chi connectivity index (χ3v) is 4.74. The summed E-state index contributed by atoms with van der Waals surface area (Å²) in [5.41, 5.74) is 7.40. The molecular weight excluding hydrogens is 386 g/mol. The third kappa shape index (κ3) is 4.57. The van der Waals surface area contributed by atoms with Crippen LogP contribution in [0.5, 0.6) is 11.5 Å². The molecule has 3 rings (SSSR count). The van der Waals surface area contributed by atoms with Gasteiger partial charge in [-0.25, -0.2) is 9.67 Å². The molecule has 1 heterocycles. The van der Waals surface area contributed by atoms with Crippen LogP contribution in [0.3, 0.4) is 0 Å². The predicted molar refractivity (Wildman–Crippen MR) is 110 cm³/mol. The molecule has 156 valence electrons. The number of nitrogens with zero attached hydrogens (tertiary/aromatic N) is 4. The molecule has 9 nitrogen and oxygen atoms in total. The Bertz CT molecular complexity index is 1020. The second-order valence-corrected chi connectivity index (χ2v) is 6.64. The maximum Gasteiger partial charge on any atom is 0.255 e. The summed E-state index contributed by atoms with van der Waals surface area (Å²) in [6, 6.07) is 12.4. The Morgan fingerprint density at radius 3 is 2.50 bits per heavy atom. The van der Waals surface area contributed by atoms with E-state index in [0.717, 1.165) is 11.3 Å². The molecule has 0 saturated carbocycles. The summed E-state index contributed by atoms with van der Waals surface area (Å²) < 4.78 is 12.3. The number of hydrogen-bond donors (Lipinski definition) is 1. The first-order chi connectivity index (χ1) is 14.4. The highest BCUT2D eigenvalue weighted by Gasteiger charge is 2.20. The fourth-order valence-corrected chi connectivity index (χ4v) is 2.92. The standard InChI is InChI=1S/C21H23N5O4/c1-14(15-4-7-17(8-5-15)26-13-23-12-24-26)25(2)21(28)16-6-9-18(19(10-16)29-3)30-11-20(22)27/h4-10,12-14H,11H2,1-3H3,(H2,22,27)/t14-/m1/s1. The summed E-state index contributed by atoms with van der Waals surface area (Å²) in [6.45, 7) is 1.68. The van der Waals surface area contributed by atoms with Gasteiger partial charge in [-0.2, -0.15) is 5.10 Å². The van der Waals surface area contributed by atoms with Crippen LogP contribution in [0.4, 0.5) is 0 Å². The van der Waals surface area contributed by atoms with E-state index in [4.69, 9.17) is 15.2 Å².